The number of halogens is 1. The van der Waals surface area contributed by atoms with Crippen LogP contribution in [-0.4, -0.2) is 35.4 Å². The van der Waals surface area contributed by atoms with Gasteiger partial charge in [0.2, 0.25) is 5.91 Å². The van der Waals surface area contributed by atoms with Gasteiger partial charge in [-0.3, -0.25) is 9.59 Å². The van der Waals surface area contributed by atoms with Crippen LogP contribution in [0.25, 0.3) is 0 Å². The van der Waals surface area contributed by atoms with E-state index in [0.29, 0.717) is 17.2 Å². The van der Waals surface area contributed by atoms with E-state index < -0.39 is 6.04 Å². The van der Waals surface area contributed by atoms with Crippen LogP contribution in [0.3, 0.4) is 0 Å². The Kier molecular flexibility index (Phi) is 9.95. The molecule has 3 rings (SSSR count). The van der Waals surface area contributed by atoms with Gasteiger partial charge in [-0.1, -0.05) is 86.1 Å². The highest BCUT2D eigenvalue weighted by Crippen LogP contribution is 2.26. The smallest absolute Gasteiger partial charge is 0.261 e. The minimum atomic E-state index is -0.707. The number of carbonyl (C=O) groups excluding carboxylic acids is 2. The second kappa shape index (κ2) is 13.1. The normalized spacial score (nSPS) is 11.9. The molecule has 0 aliphatic rings. The average molecular weight is 507 g/mol. The third kappa shape index (κ3) is 7.85. The van der Waals surface area contributed by atoms with Crippen molar-refractivity contribution in [1.29, 1.82) is 0 Å². The number of benzene rings is 3. The fraction of sp³-hybridized carbons (Fsp3) is 0.333. The first-order chi connectivity index (χ1) is 17.2. The number of amides is 2. The van der Waals surface area contributed by atoms with Gasteiger partial charge in [0.05, 0.1) is 0 Å². The maximum atomic E-state index is 13.7. The third-order valence-electron chi connectivity index (χ3n) is 5.86. The summed E-state index contributed by atoms with van der Waals surface area (Å²) in [6, 6.07) is 24.0. The first-order valence-electron chi connectivity index (χ1n) is 12.3. The number of nitrogens with zero attached hydrogens (tertiary/aromatic N) is 1. The number of hydrogen-bond acceptors (Lipinski definition) is 3. The van der Waals surface area contributed by atoms with Crippen molar-refractivity contribution in [3.8, 4) is 5.75 Å². The molecule has 5 nitrogen and oxygen atoms in total. The fourth-order valence-corrected chi connectivity index (χ4v) is 4.16. The largest absolute Gasteiger partial charge is 0.483 e. The van der Waals surface area contributed by atoms with Crippen LogP contribution >= 0.6 is 11.6 Å². The van der Waals surface area contributed by atoms with Gasteiger partial charge in [-0.25, -0.2) is 0 Å². The summed E-state index contributed by atoms with van der Waals surface area (Å²) in [7, 11) is 0. The summed E-state index contributed by atoms with van der Waals surface area (Å²) in [5.74, 6) is 0.477. The SMILES string of the molecule is CC(C)NC(=O)C(Cc1ccccc1)N(Cc1ccc(Cl)cc1)C(=O)COc1ccccc1C(C)C. The lowest BCUT2D eigenvalue weighted by Gasteiger charge is -2.32. The molecule has 3 aromatic rings. The molecule has 1 N–H and O–H groups in total. The zero-order chi connectivity index (χ0) is 26.1. The summed E-state index contributed by atoms with van der Waals surface area (Å²) in [6.07, 6.45) is 0.390. The Balaban J connectivity index is 1.92. The topological polar surface area (TPSA) is 58.6 Å². The van der Waals surface area contributed by atoms with Crippen molar-refractivity contribution in [1.82, 2.24) is 10.2 Å². The van der Waals surface area contributed by atoms with E-state index in [1.807, 2.05) is 80.6 Å². The molecule has 0 saturated heterocycles. The van der Waals surface area contributed by atoms with E-state index in [1.54, 1.807) is 17.0 Å². The van der Waals surface area contributed by atoms with Gasteiger partial charge in [0.25, 0.3) is 5.91 Å². The van der Waals surface area contributed by atoms with Gasteiger partial charge in [-0.05, 0) is 54.7 Å². The van der Waals surface area contributed by atoms with Crippen molar-refractivity contribution in [2.75, 3.05) is 6.61 Å². The molecule has 3 aromatic carbocycles. The number of para-hydroxylation sites is 1. The number of carbonyl (C=O) groups is 2. The van der Waals surface area contributed by atoms with Gasteiger partial charge < -0.3 is 15.0 Å². The van der Waals surface area contributed by atoms with Crippen LogP contribution < -0.4 is 10.1 Å². The Bertz CT molecular complexity index is 1130. The Morgan fingerprint density at radius 3 is 2.14 bits per heavy atom. The van der Waals surface area contributed by atoms with Crippen molar-refractivity contribution in [2.24, 2.45) is 0 Å². The molecule has 0 fully saturated rings. The molecule has 36 heavy (non-hydrogen) atoms. The summed E-state index contributed by atoms with van der Waals surface area (Å²) in [4.78, 5) is 28.7. The number of nitrogens with one attached hydrogen (secondary N) is 1. The highest BCUT2D eigenvalue weighted by molar-refractivity contribution is 6.30. The summed E-state index contributed by atoms with van der Waals surface area (Å²) in [5, 5.41) is 3.61. The van der Waals surface area contributed by atoms with Crippen LogP contribution in [0.15, 0.2) is 78.9 Å². The molecule has 0 aliphatic heterocycles. The van der Waals surface area contributed by atoms with Crippen LogP contribution in [0.2, 0.25) is 5.02 Å². The first-order valence-corrected chi connectivity index (χ1v) is 12.7. The highest BCUT2D eigenvalue weighted by Gasteiger charge is 2.31. The fourth-order valence-electron chi connectivity index (χ4n) is 4.03. The molecular formula is C30H35ClN2O3. The molecule has 1 unspecified atom stereocenters. The lowest BCUT2D eigenvalue weighted by molar-refractivity contribution is -0.143. The summed E-state index contributed by atoms with van der Waals surface area (Å²) >= 11 is 6.08. The minimum absolute atomic E-state index is 0.0579. The van der Waals surface area contributed by atoms with E-state index >= 15 is 0 Å². The lowest BCUT2D eigenvalue weighted by atomic mass is 10.0. The van der Waals surface area contributed by atoms with Gasteiger partial charge >= 0.3 is 0 Å². The Morgan fingerprint density at radius 2 is 1.50 bits per heavy atom. The lowest BCUT2D eigenvalue weighted by Crippen LogP contribution is -2.52. The van der Waals surface area contributed by atoms with Crippen LogP contribution in [-0.2, 0) is 22.6 Å². The van der Waals surface area contributed by atoms with Gasteiger partial charge in [0.1, 0.15) is 11.8 Å². The molecule has 0 bridgehead atoms. The molecule has 6 heteroatoms. The number of ether oxygens (including phenoxy) is 1. The summed E-state index contributed by atoms with van der Waals surface area (Å²) in [5.41, 5.74) is 2.89. The molecule has 2 amide bonds. The first kappa shape index (κ1) is 27.3. The molecule has 0 heterocycles. The zero-order valence-corrected chi connectivity index (χ0v) is 22.2. The van der Waals surface area contributed by atoms with Crippen molar-refractivity contribution < 1.29 is 14.3 Å². The van der Waals surface area contributed by atoms with Gasteiger partial charge in [-0.15, -0.1) is 0 Å². The van der Waals surface area contributed by atoms with E-state index in [2.05, 4.69) is 19.2 Å². The van der Waals surface area contributed by atoms with Crippen molar-refractivity contribution >= 4 is 23.4 Å². The molecule has 1 atom stereocenters. The van der Waals surface area contributed by atoms with Crippen molar-refractivity contribution in [3.05, 3.63) is 101 Å². The molecular weight excluding hydrogens is 472 g/mol. The third-order valence-corrected chi connectivity index (χ3v) is 6.11. The van der Waals surface area contributed by atoms with E-state index in [4.69, 9.17) is 16.3 Å². The van der Waals surface area contributed by atoms with E-state index in [1.165, 1.54) is 0 Å². The monoisotopic (exact) mass is 506 g/mol. The maximum Gasteiger partial charge on any atom is 0.261 e. The summed E-state index contributed by atoms with van der Waals surface area (Å²) < 4.78 is 6.02. The van der Waals surface area contributed by atoms with Crippen LogP contribution in [0, 0.1) is 0 Å². The average Bonchev–Trinajstić information content (AvgIpc) is 2.86. The molecule has 0 aromatic heterocycles. The van der Waals surface area contributed by atoms with Crippen LogP contribution in [0.5, 0.6) is 5.75 Å². The highest BCUT2D eigenvalue weighted by atomic mass is 35.5. The maximum absolute atomic E-state index is 13.7. The Morgan fingerprint density at radius 1 is 0.861 bits per heavy atom. The molecule has 0 radical (unpaired) electrons. The van der Waals surface area contributed by atoms with Crippen LogP contribution in [0.1, 0.15) is 50.3 Å². The summed E-state index contributed by atoms with van der Waals surface area (Å²) in [6.45, 7) is 8.08. The predicted molar refractivity (Wildman–Crippen MR) is 145 cm³/mol. The van der Waals surface area contributed by atoms with Gasteiger partial charge in [0.15, 0.2) is 6.61 Å². The van der Waals surface area contributed by atoms with E-state index in [0.717, 1.165) is 16.7 Å². The van der Waals surface area contributed by atoms with Crippen molar-refractivity contribution in [3.63, 3.8) is 0 Å². The Hall–Kier alpha value is -3.31. The minimum Gasteiger partial charge on any atom is -0.483 e. The molecule has 190 valence electrons. The second-order valence-corrected chi connectivity index (χ2v) is 9.93. The predicted octanol–water partition coefficient (Wildman–Crippen LogP) is 6.01. The second-order valence-electron chi connectivity index (χ2n) is 9.50. The molecule has 0 spiro atoms. The van der Waals surface area contributed by atoms with Gasteiger partial charge in [0, 0.05) is 24.0 Å². The molecule has 0 saturated carbocycles. The van der Waals surface area contributed by atoms with Crippen LogP contribution in [0.4, 0.5) is 0 Å². The molecule has 0 aliphatic carbocycles. The standard InChI is InChI=1S/C30H35ClN2O3/c1-21(2)26-12-8-9-13-28(26)36-20-29(34)33(19-24-14-16-25(31)17-15-24)27(30(35)32-22(3)4)18-23-10-6-5-7-11-23/h5-17,21-22,27H,18-20H2,1-4H3,(H,32,35). The number of rotatable bonds is 11. The number of hydrogen-bond donors (Lipinski definition) is 1. The van der Waals surface area contributed by atoms with E-state index in [-0.39, 0.29) is 36.9 Å². The Labute approximate surface area is 219 Å². The zero-order valence-electron chi connectivity index (χ0n) is 21.4. The van der Waals surface area contributed by atoms with Gasteiger partial charge in [-0.2, -0.15) is 0 Å². The van der Waals surface area contributed by atoms with E-state index in [9.17, 15) is 9.59 Å². The van der Waals surface area contributed by atoms with Crippen molar-refractivity contribution in [2.45, 2.75) is 58.7 Å². The quantitative estimate of drug-likeness (QED) is 0.346.